The van der Waals surface area contributed by atoms with Crippen molar-refractivity contribution in [1.29, 1.82) is 0 Å². The Balaban J connectivity index is 1.74. The van der Waals surface area contributed by atoms with Crippen LogP contribution in [0.25, 0.3) is 0 Å². The van der Waals surface area contributed by atoms with E-state index < -0.39 is 0 Å². The van der Waals surface area contributed by atoms with Crippen molar-refractivity contribution in [2.75, 3.05) is 18.5 Å². The zero-order chi connectivity index (χ0) is 16.4. The zero-order valence-electron chi connectivity index (χ0n) is 12.6. The van der Waals surface area contributed by atoms with E-state index in [-0.39, 0.29) is 29.0 Å². The minimum Gasteiger partial charge on any atom is -0.350 e. The molecule has 0 radical (unpaired) electrons. The number of amides is 2. The molecule has 1 aliphatic heterocycles. The Morgan fingerprint density at radius 3 is 2.91 bits per heavy atom. The van der Waals surface area contributed by atoms with Gasteiger partial charge in [-0.3, -0.25) is 14.4 Å². The van der Waals surface area contributed by atoms with Crippen LogP contribution >= 0.6 is 0 Å². The highest BCUT2D eigenvalue weighted by Crippen LogP contribution is 2.34. The van der Waals surface area contributed by atoms with Crippen LogP contribution in [-0.4, -0.2) is 35.4 Å². The smallest absolute Gasteiger partial charge is 0.271 e. The maximum atomic E-state index is 12.1. The molecular formula is C16H16N4O3. The lowest BCUT2D eigenvalue weighted by Gasteiger charge is -2.31. The molecule has 7 heteroatoms. The standard InChI is InChI=1S/C16H16N4O3/c1-20-13-5-3-2-4-11(13)10(6-15(20)22)7-19-16(23)12-8-18-14(21)9-17-12/h2-5,8-10H,6-7H2,1H3,(H,18,21)(H,19,23). The minimum atomic E-state index is -0.384. The second-order valence-corrected chi connectivity index (χ2v) is 5.42. The predicted octanol–water partition coefficient (Wildman–Crippen LogP) is 0.650. The summed E-state index contributed by atoms with van der Waals surface area (Å²) in [5.74, 6) is -0.447. The molecule has 2 amide bonds. The Morgan fingerprint density at radius 2 is 2.17 bits per heavy atom. The number of hydrogen-bond acceptors (Lipinski definition) is 4. The summed E-state index contributed by atoms with van der Waals surface area (Å²) >= 11 is 0. The van der Waals surface area contributed by atoms with Crippen LogP contribution in [0.5, 0.6) is 0 Å². The third kappa shape index (κ3) is 2.98. The van der Waals surface area contributed by atoms with Crippen molar-refractivity contribution in [2.45, 2.75) is 12.3 Å². The Labute approximate surface area is 132 Å². The fraction of sp³-hybridized carbons (Fsp3) is 0.250. The van der Waals surface area contributed by atoms with E-state index in [2.05, 4.69) is 15.3 Å². The van der Waals surface area contributed by atoms with Crippen LogP contribution < -0.4 is 15.8 Å². The third-order valence-electron chi connectivity index (χ3n) is 3.95. The fourth-order valence-electron chi connectivity index (χ4n) is 2.69. The number of anilines is 1. The van der Waals surface area contributed by atoms with Crippen molar-refractivity contribution >= 4 is 17.5 Å². The maximum absolute atomic E-state index is 12.1. The van der Waals surface area contributed by atoms with Crippen molar-refractivity contribution in [3.8, 4) is 0 Å². The Hall–Kier alpha value is -2.96. The summed E-state index contributed by atoms with van der Waals surface area (Å²) in [6, 6.07) is 7.66. The van der Waals surface area contributed by atoms with Gasteiger partial charge < -0.3 is 15.2 Å². The average Bonchev–Trinajstić information content (AvgIpc) is 2.57. The van der Waals surface area contributed by atoms with E-state index >= 15 is 0 Å². The van der Waals surface area contributed by atoms with Gasteiger partial charge in [-0.2, -0.15) is 0 Å². The topological polar surface area (TPSA) is 95.2 Å². The van der Waals surface area contributed by atoms with Gasteiger partial charge in [-0.05, 0) is 11.6 Å². The Kier molecular flexibility index (Phi) is 3.92. The van der Waals surface area contributed by atoms with Gasteiger partial charge in [-0.15, -0.1) is 0 Å². The number of carbonyl (C=O) groups is 2. The van der Waals surface area contributed by atoms with Crippen LogP contribution in [0.15, 0.2) is 41.5 Å². The summed E-state index contributed by atoms with van der Waals surface area (Å²) in [6.45, 7) is 0.330. The number of aromatic amines is 1. The number of nitrogens with zero attached hydrogens (tertiary/aromatic N) is 2. The highest BCUT2D eigenvalue weighted by Gasteiger charge is 2.29. The number of hydrogen-bond donors (Lipinski definition) is 2. The molecular weight excluding hydrogens is 296 g/mol. The molecule has 23 heavy (non-hydrogen) atoms. The molecule has 0 fully saturated rings. The van der Waals surface area contributed by atoms with E-state index in [1.54, 1.807) is 11.9 Å². The summed E-state index contributed by atoms with van der Waals surface area (Å²) in [5.41, 5.74) is 1.67. The first-order chi connectivity index (χ1) is 11.1. The molecule has 0 aliphatic carbocycles. The molecule has 0 bridgehead atoms. The number of aromatic nitrogens is 2. The van der Waals surface area contributed by atoms with Gasteiger partial charge in [-0.25, -0.2) is 4.98 Å². The summed E-state index contributed by atoms with van der Waals surface area (Å²) < 4.78 is 0. The first kappa shape index (κ1) is 15.0. The molecule has 1 aromatic heterocycles. The quantitative estimate of drug-likeness (QED) is 0.870. The van der Waals surface area contributed by atoms with Crippen molar-refractivity contribution in [3.05, 3.63) is 58.3 Å². The molecule has 3 rings (SSSR count). The molecule has 0 saturated carbocycles. The van der Waals surface area contributed by atoms with Crippen molar-refractivity contribution in [3.63, 3.8) is 0 Å². The zero-order valence-corrected chi connectivity index (χ0v) is 12.6. The van der Waals surface area contributed by atoms with E-state index in [0.29, 0.717) is 13.0 Å². The van der Waals surface area contributed by atoms with Gasteiger partial charge in [0.25, 0.3) is 11.5 Å². The highest BCUT2D eigenvalue weighted by molar-refractivity contribution is 5.97. The van der Waals surface area contributed by atoms with Crippen molar-refractivity contribution in [2.24, 2.45) is 0 Å². The van der Waals surface area contributed by atoms with E-state index in [1.807, 2.05) is 24.3 Å². The molecule has 118 valence electrons. The molecule has 1 atom stereocenters. The lowest BCUT2D eigenvalue weighted by molar-refractivity contribution is -0.119. The van der Waals surface area contributed by atoms with Crippen LogP contribution in [0.1, 0.15) is 28.4 Å². The highest BCUT2D eigenvalue weighted by atomic mass is 16.2. The van der Waals surface area contributed by atoms with Gasteiger partial charge in [0, 0.05) is 37.8 Å². The SMILES string of the molecule is CN1C(=O)CC(CNC(=O)c2c[nH]c(=O)cn2)c2ccccc21. The van der Waals surface area contributed by atoms with Crippen LogP contribution in [0.4, 0.5) is 5.69 Å². The predicted molar refractivity (Wildman–Crippen MR) is 84.4 cm³/mol. The summed E-state index contributed by atoms with van der Waals surface area (Å²) in [5, 5.41) is 2.77. The summed E-state index contributed by atoms with van der Waals surface area (Å²) in [6.07, 6.45) is 2.67. The third-order valence-corrected chi connectivity index (χ3v) is 3.95. The molecule has 2 aromatic rings. The second-order valence-electron chi connectivity index (χ2n) is 5.42. The van der Waals surface area contributed by atoms with E-state index in [4.69, 9.17) is 0 Å². The van der Waals surface area contributed by atoms with E-state index in [9.17, 15) is 14.4 Å². The number of fused-ring (bicyclic) bond motifs is 1. The number of carbonyl (C=O) groups excluding carboxylic acids is 2. The van der Waals surface area contributed by atoms with E-state index in [1.165, 1.54) is 6.20 Å². The molecule has 0 spiro atoms. The molecule has 2 heterocycles. The number of nitrogens with one attached hydrogen (secondary N) is 2. The molecule has 2 N–H and O–H groups in total. The summed E-state index contributed by atoms with van der Waals surface area (Å²) in [4.78, 5) is 42.9. The lowest BCUT2D eigenvalue weighted by atomic mass is 9.89. The van der Waals surface area contributed by atoms with Crippen LogP contribution in [0.2, 0.25) is 0 Å². The molecule has 1 unspecified atom stereocenters. The second kappa shape index (κ2) is 6.04. The van der Waals surface area contributed by atoms with Crippen LogP contribution in [0.3, 0.4) is 0 Å². The summed E-state index contributed by atoms with van der Waals surface area (Å²) in [7, 11) is 1.75. The van der Waals surface area contributed by atoms with Gasteiger partial charge >= 0.3 is 0 Å². The first-order valence-corrected chi connectivity index (χ1v) is 7.24. The lowest BCUT2D eigenvalue weighted by Crippen LogP contribution is -2.38. The Morgan fingerprint density at radius 1 is 1.39 bits per heavy atom. The monoisotopic (exact) mass is 312 g/mol. The van der Waals surface area contributed by atoms with Gasteiger partial charge in [0.2, 0.25) is 5.91 Å². The molecule has 0 saturated heterocycles. The minimum absolute atomic E-state index is 0.0186. The van der Waals surface area contributed by atoms with Crippen LogP contribution in [-0.2, 0) is 4.79 Å². The Bertz CT molecular complexity index is 794. The van der Waals surface area contributed by atoms with Crippen molar-refractivity contribution in [1.82, 2.24) is 15.3 Å². The molecule has 7 nitrogen and oxygen atoms in total. The van der Waals surface area contributed by atoms with Gasteiger partial charge in [-0.1, -0.05) is 18.2 Å². The maximum Gasteiger partial charge on any atom is 0.271 e. The first-order valence-electron chi connectivity index (χ1n) is 7.24. The van der Waals surface area contributed by atoms with Gasteiger partial charge in [0.1, 0.15) is 5.69 Å². The average molecular weight is 312 g/mol. The van der Waals surface area contributed by atoms with Crippen LogP contribution in [0, 0.1) is 0 Å². The number of H-pyrrole nitrogens is 1. The number of rotatable bonds is 3. The number of benzene rings is 1. The van der Waals surface area contributed by atoms with Gasteiger partial charge in [0.15, 0.2) is 0 Å². The molecule has 1 aliphatic rings. The largest absolute Gasteiger partial charge is 0.350 e. The normalized spacial score (nSPS) is 16.8. The van der Waals surface area contributed by atoms with Gasteiger partial charge in [0.05, 0.1) is 6.20 Å². The fourth-order valence-corrected chi connectivity index (χ4v) is 2.69. The molecule has 1 aromatic carbocycles. The number of para-hydroxylation sites is 1. The van der Waals surface area contributed by atoms with Crippen molar-refractivity contribution < 1.29 is 9.59 Å². The van der Waals surface area contributed by atoms with E-state index in [0.717, 1.165) is 17.4 Å².